The van der Waals surface area contributed by atoms with Crippen molar-refractivity contribution in [1.82, 2.24) is 9.55 Å². The van der Waals surface area contributed by atoms with Crippen molar-refractivity contribution in [2.45, 2.75) is 12.1 Å². The van der Waals surface area contributed by atoms with Crippen LogP contribution >= 0.6 is 11.8 Å². The zero-order valence-electron chi connectivity index (χ0n) is 15.4. The highest BCUT2D eigenvalue weighted by molar-refractivity contribution is 7.99. The van der Waals surface area contributed by atoms with E-state index in [0.717, 1.165) is 10.8 Å². The van der Waals surface area contributed by atoms with Crippen molar-refractivity contribution in [3.63, 3.8) is 0 Å². The van der Waals surface area contributed by atoms with Crippen LogP contribution in [0.25, 0.3) is 5.69 Å². The Bertz CT molecular complexity index is 940. The first-order valence-corrected chi connectivity index (χ1v) is 9.34. The Hall–Kier alpha value is -2.93. The van der Waals surface area contributed by atoms with Crippen molar-refractivity contribution >= 4 is 23.4 Å². The molecule has 1 amide bonds. The van der Waals surface area contributed by atoms with Gasteiger partial charge in [0.05, 0.1) is 20.0 Å². The summed E-state index contributed by atoms with van der Waals surface area (Å²) >= 11 is 1.38. The van der Waals surface area contributed by atoms with Crippen molar-refractivity contribution in [3.05, 3.63) is 60.4 Å². The third-order valence-electron chi connectivity index (χ3n) is 3.89. The summed E-state index contributed by atoms with van der Waals surface area (Å²) in [6, 6.07) is 13.4. The van der Waals surface area contributed by atoms with Gasteiger partial charge in [-0.3, -0.25) is 9.36 Å². The molecule has 0 unspecified atom stereocenters. The van der Waals surface area contributed by atoms with Crippen LogP contribution in [0, 0.1) is 6.92 Å². The van der Waals surface area contributed by atoms with Gasteiger partial charge in [0.2, 0.25) is 5.91 Å². The normalized spacial score (nSPS) is 10.5. The van der Waals surface area contributed by atoms with Crippen LogP contribution in [-0.2, 0) is 4.79 Å². The lowest BCUT2D eigenvalue weighted by atomic mass is 10.2. The second-order valence-electron chi connectivity index (χ2n) is 5.83. The minimum atomic E-state index is -0.119. The Morgan fingerprint density at radius 3 is 2.70 bits per heavy atom. The number of anilines is 1. The molecule has 140 valence electrons. The quantitative estimate of drug-likeness (QED) is 0.626. The van der Waals surface area contributed by atoms with Gasteiger partial charge in [0.25, 0.3) is 0 Å². The molecule has 2 aromatic carbocycles. The standard InChI is InChI=1S/C20H21N3O3S/c1-14-5-4-6-16(11-14)23-10-9-21-20(23)27-13-19(24)22-15-7-8-17(25-2)18(12-15)26-3/h4-12H,13H2,1-3H3,(H,22,24). The number of methoxy groups -OCH3 is 2. The van der Waals surface area contributed by atoms with Gasteiger partial charge in [-0.05, 0) is 36.8 Å². The van der Waals surface area contributed by atoms with Crippen molar-refractivity contribution in [2.24, 2.45) is 0 Å². The number of benzene rings is 2. The van der Waals surface area contributed by atoms with Gasteiger partial charge < -0.3 is 14.8 Å². The van der Waals surface area contributed by atoms with Gasteiger partial charge >= 0.3 is 0 Å². The Morgan fingerprint density at radius 2 is 1.96 bits per heavy atom. The van der Waals surface area contributed by atoms with E-state index in [4.69, 9.17) is 9.47 Å². The first-order chi connectivity index (χ1) is 13.1. The number of thioether (sulfide) groups is 1. The molecule has 6 nitrogen and oxygen atoms in total. The van der Waals surface area contributed by atoms with E-state index in [9.17, 15) is 4.79 Å². The maximum Gasteiger partial charge on any atom is 0.234 e. The highest BCUT2D eigenvalue weighted by Gasteiger charge is 2.11. The van der Waals surface area contributed by atoms with Gasteiger partial charge in [-0.2, -0.15) is 0 Å². The summed E-state index contributed by atoms with van der Waals surface area (Å²) in [5.41, 5.74) is 2.85. The second-order valence-corrected chi connectivity index (χ2v) is 6.77. The number of aromatic nitrogens is 2. The maximum atomic E-state index is 12.3. The number of hydrogen-bond donors (Lipinski definition) is 1. The minimum absolute atomic E-state index is 0.119. The largest absolute Gasteiger partial charge is 0.493 e. The SMILES string of the molecule is COc1ccc(NC(=O)CSc2nccn2-c2cccc(C)c2)cc1OC. The van der Waals surface area contributed by atoms with Gasteiger partial charge in [-0.15, -0.1) is 0 Å². The number of nitrogens with one attached hydrogen (secondary N) is 1. The fourth-order valence-electron chi connectivity index (χ4n) is 2.61. The van der Waals surface area contributed by atoms with Crippen molar-refractivity contribution < 1.29 is 14.3 Å². The number of nitrogens with zero attached hydrogens (tertiary/aromatic N) is 2. The number of rotatable bonds is 7. The summed E-state index contributed by atoms with van der Waals surface area (Å²) in [6.45, 7) is 2.05. The van der Waals surface area contributed by atoms with Crippen LogP contribution in [0.3, 0.4) is 0 Å². The van der Waals surface area contributed by atoms with E-state index >= 15 is 0 Å². The van der Waals surface area contributed by atoms with Crippen LogP contribution in [0.5, 0.6) is 11.5 Å². The Labute approximate surface area is 162 Å². The molecule has 0 aliphatic rings. The molecular weight excluding hydrogens is 362 g/mol. The Balaban J connectivity index is 1.64. The van der Waals surface area contributed by atoms with E-state index in [1.165, 1.54) is 17.3 Å². The van der Waals surface area contributed by atoms with Gasteiger partial charge in [-0.1, -0.05) is 23.9 Å². The van der Waals surface area contributed by atoms with E-state index in [0.29, 0.717) is 17.2 Å². The first kappa shape index (κ1) is 18.8. The second kappa shape index (κ2) is 8.64. The van der Waals surface area contributed by atoms with E-state index < -0.39 is 0 Å². The summed E-state index contributed by atoms with van der Waals surface area (Å²) in [6.07, 6.45) is 3.63. The van der Waals surface area contributed by atoms with Crippen LogP contribution < -0.4 is 14.8 Å². The van der Waals surface area contributed by atoms with E-state index in [2.05, 4.69) is 16.4 Å². The third kappa shape index (κ3) is 4.62. The van der Waals surface area contributed by atoms with Crippen molar-refractivity contribution in [2.75, 3.05) is 25.3 Å². The average Bonchev–Trinajstić information content (AvgIpc) is 3.15. The molecule has 0 aliphatic carbocycles. The topological polar surface area (TPSA) is 65.4 Å². The molecule has 1 N–H and O–H groups in total. The summed E-state index contributed by atoms with van der Waals surface area (Å²) in [4.78, 5) is 16.7. The maximum absolute atomic E-state index is 12.3. The first-order valence-electron chi connectivity index (χ1n) is 8.36. The van der Waals surface area contributed by atoms with Gasteiger partial charge in [0.15, 0.2) is 16.7 Å². The molecule has 7 heteroatoms. The van der Waals surface area contributed by atoms with Gasteiger partial charge in [-0.25, -0.2) is 4.98 Å². The number of amides is 1. The van der Waals surface area contributed by atoms with Crippen LogP contribution in [0.15, 0.2) is 60.0 Å². The molecule has 0 bridgehead atoms. The number of carbonyl (C=O) groups excluding carboxylic acids is 1. The molecule has 1 heterocycles. The summed E-state index contributed by atoms with van der Waals surface area (Å²) in [5.74, 6) is 1.31. The fraction of sp³-hybridized carbons (Fsp3) is 0.200. The lowest BCUT2D eigenvalue weighted by molar-refractivity contribution is -0.113. The smallest absolute Gasteiger partial charge is 0.234 e. The van der Waals surface area contributed by atoms with Crippen LogP contribution in [0.2, 0.25) is 0 Å². The molecule has 3 rings (SSSR count). The molecular formula is C20H21N3O3S. The minimum Gasteiger partial charge on any atom is -0.493 e. The van der Waals surface area contributed by atoms with Crippen LogP contribution in [0.4, 0.5) is 5.69 Å². The molecule has 0 saturated carbocycles. The van der Waals surface area contributed by atoms with Crippen LogP contribution in [-0.4, -0.2) is 35.4 Å². The molecule has 1 aromatic heterocycles. The van der Waals surface area contributed by atoms with E-state index in [1.807, 2.05) is 35.9 Å². The molecule has 0 atom stereocenters. The van der Waals surface area contributed by atoms with Crippen LogP contribution in [0.1, 0.15) is 5.56 Å². The fourth-order valence-corrected chi connectivity index (χ4v) is 3.39. The lowest BCUT2D eigenvalue weighted by Crippen LogP contribution is -2.14. The molecule has 27 heavy (non-hydrogen) atoms. The van der Waals surface area contributed by atoms with Crippen molar-refractivity contribution in [1.29, 1.82) is 0 Å². The monoisotopic (exact) mass is 383 g/mol. The molecule has 0 radical (unpaired) electrons. The molecule has 0 fully saturated rings. The number of carbonyl (C=O) groups is 1. The molecule has 0 aliphatic heterocycles. The Kier molecular flexibility index (Phi) is 6.03. The number of aryl methyl sites for hydroxylation is 1. The van der Waals surface area contributed by atoms with Crippen molar-refractivity contribution in [3.8, 4) is 17.2 Å². The summed E-state index contributed by atoms with van der Waals surface area (Å²) < 4.78 is 12.4. The predicted molar refractivity (Wildman–Crippen MR) is 107 cm³/mol. The Morgan fingerprint density at radius 1 is 1.15 bits per heavy atom. The average molecular weight is 383 g/mol. The highest BCUT2D eigenvalue weighted by atomic mass is 32.2. The number of imidazole rings is 1. The molecule has 0 saturated heterocycles. The van der Waals surface area contributed by atoms with E-state index in [-0.39, 0.29) is 11.7 Å². The van der Waals surface area contributed by atoms with E-state index in [1.54, 1.807) is 38.6 Å². The lowest BCUT2D eigenvalue weighted by Gasteiger charge is -2.11. The van der Waals surface area contributed by atoms with Gasteiger partial charge in [0, 0.05) is 29.8 Å². The van der Waals surface area contributed by atoms with Gasteiger partial charge in [0.1, 0.15) is 0 Å². The summed E-state index contributed by atoms with van der Waals surface area (Å²) in [7, 11) is 3.13. The third-order valence-corrected chi connectivity index (χ3v) is 4.85. The highest BCUT2D eigenvalue weighted by Crippen LogP contribution is 2.30. The number of hydrogen-bond acceptors (Lipinski definition) is 5. The summed E-state index contributed by atoms with van der Waals surface area (Å²) in [5, 5.41) is 3.63. The molecule has 3 aromatic rings. The number of ether oxygens (including phenoxy) is 2. The predicted octanol–water partition coefficient (Wildman–Crippen LogP) is 3.93. The molecule has 0 spiro atoms. The zero-order chi connectivity index (χ0) is 19.2. The zero-order valence-corrected chi connectivity index (χ0v) is 16.2.